The van der Waals surface area contributed by atoms with E-state index in [9.17, 15) is 29.1 Å². The van der Waals surface area contributed by atoms with Crippen LogP contribution in [0.15, 0.2) is 54.7 Å². The van der Waals surface area contributed by atoms with Crippen LogP contribution in [0.25, 0.3) is 33.3 Å². The molecule has 2 saturated heterocycles. The third-order valence-electron chi connectivity index (χ3n) is 14.8. The number of carbonyl (C=O) groups excluding carboxylic acids is 5. The lowest BCUT2D eigenvalue weighted by Gasteiger charge is -2.37. The van der Waals surface area contributed by atoms with Crippen LogP contribution < -0.4 is 10.7 Å². The first kappa shape index (κ1) is 49.6. The molecule has 2 aromatic heterocycles. The van der Waals surface area contributed by atoms with Gasteiger partial charge in [-0.05, 0) is 117 Å². The summed E-state index contributed by atoms with van der Waals surface area (Å²) in [5.74, 6) is -2.08. The molecule has 6 bridgehead atoms. The number of phenols is 1. The Morgan fingerprint density at radius 1 is 1.01 bits per heavy atom. The zero-order chi connectivity index (χ0) is 49.3. The molecule has 16 heteroatoms. The van der Waals surface area contributed by atoms with Gasteiger partial charge in [0.2, 0.25) is 17.7 Å². The van der Waals surface area contributed by atoms with Crippen molar-refractivity contribution in [3.8, 4) is 28.1 Å². The Bertz CT molecular complexity index is 2590. The van der Waals surface area contributed by atoms with Crippen molar-refractivity contribution in [2.24, 2.45) is 11.3 Å². The minimum atomic E-state index is -1.16. The number of pyridine rings is 1. The number of fused-ring (bicyclic) bond motifs is 6. The van der Waals surface area contributed by atoms with Gasteiger partial charge in [0.15, 0.2) is 0 Å². The number of amides is 4. The van der Waals surface area contributed by atoms with Crippen molar-refractivity contribution in [3.05, 3.63) is 71.5 Å². The fourth-order valence-corrected chi connectivity index (χ4v) is 10.9. The molecule has 4 aliphatic rings. The lowest BCUT2D eigenvalue weighted by Crippen LogP contribution is -2.62. The van der Waals surface area contributed by atoms with E-state index in [0.29, 0.717) is 37.9 Å². The average molecular weight is 947 g/mol. The normalized spacial score (nSPS) is 22.6. The lowest BCUT2D eigenvalue weighted by molar-refractivity contribution is -0.155. The number of cyclic esters (lactones) is 1. The van der Waals surface area contributed by atoms with Gasteiger partial charge in [-0.3, -0.25) is 38.9 Å². The molecule has 16 nitrogen and oxygen atoms in total. The molecule has 3 N–H and O–H groups in total. The van der Waals surface area contributed by atoms with Crippen molar-refractivity contribution in [2.75, 3.05) is 54.0 Å². The molecule has 69 heavy (non-hydrogen) atoms. The van der Waals surface area contributed by atoms with E-state index in [1.165, 1.54) is 14.8 Å². The Labute approximate surface area is 405 Å². The largest absolute Gasteiger partial charge is 0.508 e. The molecule has 4 aromatic rings. The summed E-state index contributed by atoms with van der Waals surface area (Å²) in [6, 6.07) is 12.4. The lowest BCUT2D eigenvalue weighted by atomic mass is 9.84. The second-order valence-corrected chi connectivity index (χ2v) is 20.3. The summed E-state index contributed by atoms with van der Waals surface area (Å²) < 4.78 is 14.3. The van der Waals surface area contributed by atoms with Gasteiger partial charge in [0.25, 0.3) is 5.91 Å². The molecule has 2 aromatic carbocycles. The molecule has 370 valence electrons. The summed E-state index contributed by atoms with van der Waals surface area (Å²) in [6.45, 7) is 12.5. The first-order valence-corrected chi connectivity index (χ1v) is 24.8. The minimum absolute atomic E-state index is 0.000379. The van der Waals surface area contributed by atoms with Crippen LogP contribution in [0.1, 0.15) is 96.1 Å². The van der Waals surface area contributed by atoms with Crippen molar-refractivity contribution >= 4 is 40.5 Å². The van der Waals surface area contributed by atoms with E-state index in [1.54, 1.807) is 39.5 Å². The van der Waals surface area contributed by atoms with Crippen molar-refractivity contribution in [1.29, 1.82) is 0 Å². The number of benzene rings is 2. The molecule has 0 spiro atoms. The summed E-state index contributed by atoms with van der Waals surface area (Å²) in [7, 11) is 4.89. The first-order chi connectivity index (χ1) is 33.0. The van der Waals surface area contributed by atoms with Gasteiger partial charge in [-0.1, -0.05) is 45.7 Å². The number of rotatable bonds is 12. The second-order valence-electron chi connectivity index (χ2n) is 20.3. The van der Waals surface area contributed by atoms with Gasteiger partial charge in [0.05, 0.1) is 30.6 Å². The van der Waals surface area contributed by atoms with Gasteiger partial charge >= 0.3 is 5.97 Å². The van der Waals surface area contributed by atoms with Gasteiger partial charge in [-0.25, -0.2) is 5.43 Å². The predicted octanol–water partition coefficient (Wildman–Crippen LogP) is 5.63. The summed E-state index contributed by atoms with van der Waals surface area (Å²) in [4.78, 5) is 80.5. The van der Waals surface area contributed by atoms with E-state index in [4.69, 9.17) is 14.5 Å². The number of esters is 1. The molecule has 3 aliphatic heterocycles. The Kier molecular flexibility index (Phi) is 14.8. The highest BCUT2D eigenvalue weighted by Crippen LogP contribution is 2.42. The number of carbonyl (C=O) groups is 5. The SMILES string of the molecule is CCN1C[C@@H]1C(=O)N(C)CC(=O)N(C)C(C(=O)N[C@H]1Cc2cc(O)cc(c2)-c2ccc3c(c2)c(c(-c2cccnc2[C@H](C)OC)n3CC)CC(C)(C)COC(=O)[C@@H]2CCCN(N2)C1=O)C1CCCC1. The highest BCUT2D eigenvalue weighted by Gasteiger charge is 2.43. The number of likely N-dealkylation sites (N-methyl/N-ethyl adjacent to an activating group) is 3. The Morgan fingerprint density at radius 2 is 1.78 bits per heavy atom. The van der Waals surface area contributed by atoms with Gasteiger partial charge in [0, 0.05) is 75.3 Å². The molecule has 6 atom stereocenters. The quantitative estimate of drug-likeness (QED) is 0.119. The van der Waals surface area contributed by atoms with E-state index in [-0.39, 0.29) is 61.7 Å². The van der Waals surface area contributed by atoms with Crippen LogP contribution in [-0.4, -0.2) is 142 Å². The average Bonchev–Trinajstić information content (AvgIpc) is 3.82. The number of hydrogen-bond acceptors (Lipinski definition) is 11. The standard InChI is InChI=1S/C53H70N8O8/c1-9-59-29-44(59)51(66)57(6)30-45(63)58(7)47(34-15-11-12-16-34)49(64)55-42-25-33-23-36(26-37(62)24-33)35-19-20-43-39(27-35)40(48(60(43)10-2)38-17-13-21-54-46(38)32(3)68-8)28-53(4,5)31-69-52(67)41-18-14-22-61(56-41)50(42)65/h13,17,19-21,23-24,26-27,32,34,41-42,44,47,56,62H,9-12,14-16,18,22,25,28-31H2,1-8H3,(H,55,64)/t32-,41-,42-,44+,47?,59?/m0/s1. The van der Waals surface area contributed by atoms with Crippen LogP contribution in [-0.2, 0) is 52.8 Å². The Morgan fingerprint density at radius 3 is 2.49 bits per heavy atom. The molecule has 8 rings (SSSR count). The number of methoxy groups -OCH3 is 1. The maximum absolute atomic E-state index is 14.9. The van der Waals surface area contributed by atoms with E-state index >= 15 is 0 Å². The van der Waals surface area contributed by atoms with Gasteiger partial charge in [0.1, 0.15) is 29.9 Å². The smallest absolute Gasteiger partial charge is 0.324 e. The minimum Gasteiger partial charge on any atom is -0.508 e. The fourth-order valence-electron chi connectivity index (χ4n) is 10.9. The highest BCUT2D eigenvalue weighted by atomic mass is 16.5. The number of phenolic OH excluding ortho intramolecular Hbond substituents is 1. The van der Waals surface area contributed by atoms with Crippen LogP contribution in [0, 0.1) is 11.3 Å². The van der Waals surface area contributed by atoms with Crippen LogP contribution in [0.3, 0.4) is 0 Å². The molecule has 2 unspecified atom stereocenters. The molecule has 1 saturated carbocycles. The second kappa shape index (κ2) is 20.6. The molecular weight excluding hydrogens is 877 g/mol. The maximum Gasteiger partial charge on any atom is 0.324 e. The fraction of sp³-hybridized carbons (Fsp3) is 0.547. The first-order valence-electron chi connectivity index (χ1n) is 24.8. The van der Waals surface area contributed by atoms with Crippen LogP contribution in [0.4, 0.5) is 0 Å². The summed E-state index contributed by atoms with van der Waals surface area (Å²) >= 11 is 0. The monoisotopic (exact) mass is 947 g/mol. The van der Waals surface area contributed by atoms with Crippen LogP contribution in [0.2, 0.25) is 0 Å². The summed E-state index contributed by atoms with van der Waals surface area (Å²) in [5, 5.41) is 16.9. The molecule has 3 fully saturated rings. The summed E-state index contributed by atoms with van der Waals surface area (Å²) in [5.41, 5.74) is 9.61. The van der Waals surface area contributed by atoms with E-state index in [1.807, 2.05) is 36.9 Å². The maximum atomic E-state index is 14.9. The van der Waals surface area contributed by atoms with E-state index in [2.05, 4.69) is 54.3 Å². The predicted molar refractivity (Wildman–Crippen MR) is 263 cm³/mol. The van der Waals surface area contributed by atoms with Crippen molar-refractivity contribution in [1.82, 2.24) is 40.0 Å². The van der Waals surface area contributed by atoms with Crippen molar-refractivity contribution in [3.63, 3.8) is 0 Å². The summed E-state index contributed by atoms with van der Waals surface area (Å²) in [6.07, 6.45) is 6.26. The zero-order valence-corrected chi connectivity index (χ0v) is 41.5. The molecule has 5 heterocycles. The third kappa shape index (κ3) is 10.5. The number of nitrogens with zero attached hydrogens (tertiary/aromatic N) is 6. The number of ether oxygens (including phenoxy) is 2. The third-order valence-corrected chi connectivity index (χ3v) is 14.8. The molecular formula is C53H70N8O8. The van der Waals surface area contributed by atoms with E-state index < -0.39 is 41.3 Å². The van der Waals surface area contributed by atoms with Crippen LogP contribution in [0.5, 0.6) is 5.75 Å². The van der Waals surface area contributed by atoms with Crippen molar-refractivity contribution < 1.29 is 38.6 Å². The van der Waals surface area contributed by atoms with Gasteiger partial charge < -0.3 is 34.3 Å². The Hall–Kier alpha value is -5.84. The number of nitrogens with one attached hydrogen (secondary N) is 2. The number of aromatic hydroxyl groups is 1. The van der Waals surface area contributed by atoms with Gasteiger partial charge in [-0.2, -0.15) is 0 Å². The zero-order valence-electron chi connectivity index (χ0n) is 41.5. The van der Waals surface area contributed by atoms with E-state index in [0.717, 1.165) is 76.8 Å². The molecule has 1 aliphatic carbocycles. The number of hydrazine groups is 1. The highest BCUT2D eigenvalue weighted by molar-refractivity contribution is 5.96. The number of hydrogen-bond donors (Lipinski definition) is 3. The molecule has 4 amide bonds. The number of aromatic nitrogens is 2. The number of aryl methyl sites for hydroxylation is 1. The van der Waals surface area contributed by atoms with Gasteiger partial charge in [-0.15, -0.1) is 0 Å². The van der Waals surface area contributed by atoms with Crippen LogP contribution >= 0.6 is 0 Å². The Balaban J connectivity index is 1.19. The molecule has 0 radical (unpaired) electrons. The van der Waals surface area contributed by atoms with Crippen molar-refractivity contribution in [2.45, 2.75) is 123 Å². The topological polar surface area (TPSA) is 179 Å².